The van der Waals surface area contributed by atoms with Gasteiger partial charge in [0.1, 0.15) is 5.82 Å². The van der Waals surface area contributed by atoms with Crippen LogP contribution in [0.3, 0.4) is 0 Å². The van der Waals surface area contributed by atoms with Gasteiger partial charge in [-0.15, -0.1) is 21.5 Å². The summed E-state index contributed by atoms with van der Waals surface area (Å²) in [5.41, 5.74) is 1.84. The van der Waals surface area contributed by atoms with Gasteiger partial charge in [0.2, 0.25) is 5.95 Å². The molecule has 4 heterocycles. The summed E-state index contributed by atoms with van der Waals surface area (Å²) in [7, 11) is 0. The Morgan fingerprint density at radius 3 is 2.64 bits per heavy atom. The standard InChI is InChI=1S/C25H28N6OS/c32-24(21-12-6-17-33-21)29-13-7-14-30(16-15-29)25-26-20-11-5-4-10-19(20)23-28-27-22(31(23)25)18-8-2-1-3-9-18/h4-6,10-12,17-18H,1-3,7-9,13-16H2. The molecule has 3 aromatic heterocycles. The number of aromatic nitrogens is 4. The molecule has 4 aromatic rings. The van der Waals surface area contributed by atoms with Crippen molar-refractivity contribution in [2.45, 2.75) is 44.4 Å². The monoisotopic (exact) mass is 460 g/mol. The number of rotatable bonds is 3. The van der Waals surface area contributed by atoms with Crippen LogP contribution in [-0.2, 0) is 0 Å². The van der Waals surface area contributed by atoms with E-state index in [1.165, 1.54) is 30.6 Å². The van der Waals surface area contributed by atoms with Crippen molar-refractivity contribution < 1.29 is 4.79 Å². The molecule has 2 fully saturated rings. The molecule has 1 saturated carbocycles. The molecular formula is C25H28N6OS. The fourth-order valence-corrected chi connectivity index (χ4v) is 5.99. The van der Waals surface area contributed by atoms with Crippen molar-refractivity contribution in [3.05, 3.63) is 52.5 Å². The Kier molecular flexibility index (Phi) is 5.46. The summed E-state index contributed by atoms with van der Waals surface area (Å²) in [4.78, 5) is 23.2. The Hall–Kier alpha value is -3.00. The fraction of sp³-hybridized carbons (Fsp3) is 0.440. The highest BCUT2D eigenvalue weighted by atomic mass is 32.1. The number of amides is 1. The average Bonchev–Trinajstić information content (AvgIpc) is 3.50. The molecule has 0 bridgehead atoms. The lowest BCUT2D eigenvalue weighted by molar-refractivity contribution is 0.0772. The van der Waals surface area contributed by atoms with E-state index in [-0.39, 0.29) is 5.91 Å². The van der Waals surface area contributed by atoms with E-state index >= 15 is 0 Å². The zero-order chi connectivity index (χ0) is 22.2. The first-order chi connectivity index (χ1) is 16.3. The van der Waals surface area contributed by atoms with E-state index in [2.05, 4.69) is 26.5 Å². The van der Waals surface area contributed by atoms with Gasteiger partial charge in [0.25, 0.3) is 5.91 Å². The van der Waals surface area contributed by atoms with Crippen molar-refractivity contribution in [3.8, 4) is 0 Å². The molecule has 8 heteroatoms. The van der Waals surface area contributed by atoms with E-state index in [0.717, 1.165) is 72.1 Å². The molecule has 0 radical (unpaired) electrons. The second-order valence-electron chi connectivity index (χ2n) is 9.09. The van der Waals surface area contributed by atoms with Gasteiger partial charge in [-0.1, -0.05) is 37.5 Å². The molecule has 1 amide bonds. The van der Waals surface area contributed by atoms with Gasteiger partial charge in [-0.25, -0.2) is 9.38 Å². The van der Waals surface area contributed by atoms with Crippen LogP contribution in [-0.4, -0.2) is 56.6 Å². The summed E-state index contributed by atoms with van der Waals surface area (Å²) in [6.07, 6.45) is 7.04. The van der Waals surface area contributed by atoms with Gasteiger partial charge in [-0.2, -0.15) is 0 Å². The van der Waals surface area contributed by atoms with Gasteiger partial charge in [0, 0.05) is 37.5 Å². The van der Waals surface area contributed by atoms with Crippen molar-refractivity contribution in [3.63, 3.8) is 0 Å². The van der Waals surface area contributed by atoms with Crippen LogP contribution in [0.15, 0.2) is 41.8 Å². The number of hydrogen-bond donors (Lipinski definition) is 0. The zero-order valence-electron chi connectivity index (χ0n) is 18.7. The molecule has 2 aliphatic rings. The van der Waals surface area contributed by atoms with Crippen molar-refractivity contribution in [1.29, 1.82) is 0 Å². The maximum atomic E-state index is 12.9. The van der Waals surface area contributed by atoms with E-state index < -0.39 is 0 Å². The first kappa shape index (κ1) is 20.6. The van der Waals surface area contributed by atoms with E-state index in [9.17, 15) is 4.79 Å². The fourth-order valence-electron chi connectivity index (χ4n) is 5.30. The maximum absolute atomic E-state index is 12.9. The minimum absolute atomic E-state index is 0.135. The topological polar surface area (TPSA) is 66.6 Å². The van der Waals surface area contributed by atoms with Gasteiger partial charge in [0.15, 0.2) is 5.65 Å². The van der Waals surface area contributed by atoms with Crippen molar-refractivity contribution in [1.82, 2.24) is 24.5 Å². The second kappa shape index (κ2) is 8.74. The van der Waals surface area contributed by atoms with Gasteiger partial charge in [0.05, 0.1) is 10.4 Å². The predicted molar refractivity (Wildman–Crippen MR) is 131 cm³/mol. The average molecular weight is 461 g/mol. The normalized spacial score (nSPS) is 18.2. The Balaban J connectivity index is 1.39. The number of nitrogens with zero attached hydrogens (tertiary/aromatic N) is 6. The number of hydrogen-bond acceptors (Lipinski definition) is 6. The number of para-hydroxylation sites is 1. The largest absolute Gasteiger partial charge is 0.340 e. The highest BCUT2D eigenvalue weighted by Gasteiger charge is 2.27. The Morgan fingerprint density at radius 1 is 0.909 bits per heavy atom. The van der Waals surface area contributed by atoms with Crippen LogP contribution >= 0.6 is 11.3 Å². The summed E-state index contributed by atoms with van der Waals surface area (Å²) < 4.78 is 2.22. The third-order valence-electron chi connectivity index (χ3n) is 7.02. The third-order valence-corrected chi connectivity index (χ3v) is 7.88. The molecule has 6 rings (SSSR count). The van der Waals surface area contributed by atoms with Crippen LogP contribution < -0.4 is 4.90 Å². The minimum atomic E-state index is 0.135. The smallest absolute Gasteiger partial charge is 0.263 e. The van der Waals surface area contributed by atoms with E-state index in [1.807, 2.05) is 34.5 Å². The Labute approximate surface area is 197 Å². The molecular weight excluding hydrogens is 432 g/mol. The molecule has 1 aliphatic carbocycles. The quantitative estimate of drug-likeness (QED) is 0.442. The molecule has 1 saturated heterocycles. The van der Waals surface area contributed by atoms with Crippen molar-refractivity contribution in [2.24, 2.45) is 0 Å². The summed E-state index contributed by atoms with van der Waals surface area (Å²) >= 11 is 1.51. The van der Waals surface area contributed by atoms with Crippen LogP contribution in [0, 0.1) is 0 Å². The van der Waals surface area contributed by atoms with Crippen LogP contribution in [0.2, 0.25) is 0 Å². The van der Waals surface area contributed by atoms with Crippen LogP contribution in [0.4, 0.5) is 5.95 Å². The van der Waals surface area contributed by atoms with E-state index in [0.29, 0.717) is 12.5 Å². The summed E-state index contributed by atoms with van der Waals surface area (Å²) in [5.74, 6) is 2.53. The van der Waals surface area contributed by atoms with Crippen molar-refractivity contribution >= 4 is 39.7 Å². The van der Waals surface area contributed by atoms with Crippen LogP contribution in [0.5, 0.6) is 0 Å². The summed E-state index contributed by atoms with van der Waals surface area (Å²) in [5, 5.41) is 12.4. The Bertz CT molecular complexity index is 1280. The van der Waals surface area contributed by atoms with Gasteiger partial charge in [-0.3, -0.25) is 4.79 Å². The molecule has 1 aliphatic heterocycles. The maximum Gasteiger partial charge on any atom is 0.263 e. The van der Waals surface area contributed by atoms with Gasteiger partial charge in [-0.05, 0) is 42.8 Å². The highest BCUT2D eigenvalue weighted by molar-refractivity contribution is 7.12. The lowest BCUT2D eigenvalue weighted by Gasteiger charge is -2.26. The predicted octanol–water partition coefficient (Wildman–Crippen LogP) is 4.74. The van der Waals surface area contributed by atoms with Crippen molar-refractivity contribution in [2.75, 3.05) is 31.1 Å². The molecule has 33 heavy (non-hydrogen) atoms. The lowest BCUT2D eigenvalue weighted by atomic mass is 9.89. The molecule has 170 valence electrons. The minimum Gasteiger partial charge on any atom is -0.340 e. The van der Waals surface area contributed by atoms with E-state index in [4.69, 9.17) is 10.1 Å². The van der Waals surface area contributed by atoms with Gasteiger partial charge < -0.3 is 9.80 Å². The molecule has 0 unspecified atom stereocenters. The first-order valence-electron chi connectivity index (χ1n) is 12.0. The summed E-state index contributed by atoms with van der Waals surface area (Å²) in [6, 6.07) is 12.1. The molecule has 1 aromatic carbocycles. The SMILES string of the molecule is O=C(c1cccs1)N1CCCN(c2nc3ccccc3c3nnc(C4CCCCC4)n23)CC1. The number of fused-ring (bicyclic) bond motifs is 3. The number of carbonyl (C=O) groups excluding carboxylic acids is 1. The first-order valence-corrected chi connectivity index (χ1v) is 12.9. The molecule has 0 N–H and O–H groups in total. The number of thiophene rings is 1. The molecule has 0 atom stereocenters. The molecule has 0 spiro atoms. The van der Waals surface area contributed by atoms with E-state index in [1.54, 1.807) is 0 Å². The zero-order valence-corrected chi connectivity index (χ0v) is 19.5. The Morgan fingerprint density at radius 2 is 1.79 bits per heavy atom. The number of anilines is 1. The highest BCUT2D eigenvalue weighted by Crippen LogP contribution is 2.34. The molecule has 7 nitrogen and oxygen atoms in total. The summed E-state index contributed by atoms with van der Waals surface area (Å²) in [6.45, 7) is 3.06. The lowest BCUT2D eigenvalue weighted by Crippen LogP contribution is -2.35. The van der Waals surface area contributed by atoms with Gasteiger partial charge >= 0.3 is 0 Å². The number of carbonyl (C=O) groups is 1. The third kappa shape index (κ3) is 3.76. The van der Waals surface area contributed by atoms with Crippen LogP contribution in [0.25, 0.3) is 16.6 Å². The second-order valence-corrected chi connectivity index (χ2v) is 10.0. The number of benzene rings is 1. The van der Waals surface area contributed by atoms with Crippen LogP contribution in [0.1, 0.15) is 59.9 Å².